The summed E-state index contributed by atoms with van der Waals surface area (Å²) in [7, 11) is 0. The lowest BCUT2D eigenvalue weighted by Gasteiger charge is -1.91. The summed E-state index contributed by atoms with van der Waals surface area (Å²) >= 11 is 0. The van der Waals surface area contributed by atoms with Crippen LogP contribution in [0.1, 0.15) is 0 Å². The molecule has 8 heavy (non-hydrogen) atoms. The highest BCUT2D eigenvalue weighted by atomic mass is 16.4. The Bertz CT molecular complexity index is 126. The van der Waals surface area contributed by atoms with Crippen molar-refractivity contribution in [2.75, 3.05) is 6.54 Å². The van der Waals surface area contributed by atoms with Crippen LogP contribution in [0.2, 0.25) is 0 Å². The number of aliphatic hydroxyl groups excluding tert-OH is 1. The van der Waals surface area contributed by atoms with Gasteiger partial charge >= 0.3 is 5.97 Å². The van der Waals surface area contributed by atoms with Crippen molar-refractivity contribution in [1.82, 2.24) is 0 Å². The molecular formula is C4H5NO3. The first kappa shape index (κ1) is 6.92. The fraction of sp³-hybridized carbons (Fsp3) is 0.500. The molecule has 0 bridgehead atoms. The first-order chi connectivity index (χ1) is 3.68. The van der Waals surface area contributed by atoms with E-state index in [0.717, 1.165) is 0 Å². The van der Waals surface area contributed by atoms with Crippen molar-refractivity contribution < 1.29 is 15.0 Å². The maximum atomic E-state index is 9.70. The van der Waals surface area contributed by atoms with E-state index >= 15 is 0 Å². The van der Waals surface area contributed by atoms with Crippen molar-refractivity contribution in [2.45, 2.75) is 6.10 Å². The molecule has 0 heterocycles. The molecule has 0 aliphatic carbocycles. The number of nitrogens with zero attached hydrogens (tertiary/aromatic N) is 1. The normalized spacial score (nSPS) is 12.0. The fourth-order valence-electron chi connectivity index (χ4n) is 0.165. The molecule has 0 radical (unpaired) electrons. The highest BCUT2D eigenvalue weighted by Gasteiger charge is 2.14. The number of hydrogen-bond acceptors (Lipinski definition) is 2. The molecule has 0 aromatic rings. The molecule has 0 rings (SSSR count). The molecular weight excluding hydrogens is 110 g/mol. The van der Waals surface area contributed by atoms with Crippen LogP contribution >= 0.6 is 0 Å². The molecule has 0 aliphatic heterocycles. The zero-order valence-corrected chi connectivity index (χ0v) is 4.03. The van der Waals surface area contributed by atoms with Gasteiger partial charge in [-0.1, -0.05) is 0 Å². The molecule has 1 atom stereocenters. The average Bonchev–Trinajstić information content (AvgIpc) is 1.67. The molecule has 0 aromatic heterocycles. The standard InChI is InChI=1S/C4H5NO3/c1-5-2-3(6)4(7)8/h3,6H,2H2,(H,7,8). The van der Waals surface area contributed by atoms with Gasteiger partial charge in [-0.05, 0) is 0 Å². The Hall–Kier alpha value is -1.08. The number of carboxylic acids is 1. The second-order valence-corrected chi connectivity index (χ2v) is 1.19. The van der Waals surface area contributed by atoms with Gasteiger partial charge in [0.1, 0.15) is 0 Å². The molecule has 0 fully saturated rings. The summed E-state index contributed by atoms with van der Waals surface area (Å²) < 4.78 is 0. The Morgan fingerprint density at radius 1 is 1.88 bits per heavy atom. The molecule has 44 valence electrons. The van der Waals surface area contributed by atoms with Gasteiger partial charge in [-0.2, -0.15) is 0 Å². The van der Waals surface area contributed by atoms with Crippen LogP contribution in [0.5, 0.6) is 0 Å². The third kappa shape index (κ3) is 2.16. The molecule has 0 saturated carbocycles. The number of aliphatic hydroxyl groups is 1. The van der Waals surface area contributed by atoms with E-state index < -0.39 is 12.1 Å². The zero-order valence-electron chi connectivity index (χ0n) is 4.03. The number of carboxylic acid groups (broad SMARTS) is 1. The van der Waals surface area contributed by atoms with Gasteiger partial charge in [0.25, 0.3) is 6.54 Å². The van der Waals surface area contributed by atoms with Crippen LogP contribution < -0.4 is 0 Å². The minimum atomic E-state index is -1.52. The van der Waals surface area contributed by atoms with Gasteiger partial charge in [-0.3, -0.25) is 0 Å². The van der Waals surface area contributed by atoms with Crippen molar-refractivity contribution in [3.05, 3.63) is 11.4 Å². The average molecular weight is 115 g/mol. The van der Waals surface area contributed by atoms with Gasteiger partial charge in [0.05, 0.1) is 0 Å². The van der Waals surface area contributed by atoms with Gasteiger partial charge < -0.3 is 15.1 Å². The van der Waals surface area contributed by atoms with E-state index in [-0.39, 0.29) is 6.54 Å². The van der Waals surface area contributed by atoms with Crippen LogP contribution in [0.3, 0.4) is 0 Å². The van der Waals surface area contributed by atoms with Gasteiger partial charge in [0.15, 0.2) is 0 Å². The van der Waals surface area contributed by atoms with Crippen LogP contribution in [-0.4, -0.2) is 28.8 Å². The lowest BCUT2D eigenvalue weighted by molar-refractivity contribution is -0.145. The highest BCUT2D eigenvalue weighted by Crippen LogP contribution is 1.81. The first-order valence-electron chi connectivity index (χ1n) is 1.92. The number of hydrogen-bond donors (Lipinski definition) is 2. The van der Waals surface area contributed by atoms with Gasteiger partial charge in [-0.25, -0.2) is 11.4 Å². The number of rotatable bonds is 2. The van der Waals surface area contributed by atoms with E-state index in [0.29, 0.717) is 0 Å². The third-order valence-corrected chi connectivity index (χ3v) is 0.549. The quantitative estimate of drug-likeness (QED) is 0.470. The highest BCUT2D eigenvalue weighted by molar-refractivity contribution is 5.72. The van der Waals surface area contributed by atoms with Gasteiger partial charge in [0.2, 0.25) is 6.10 Å². The van der Waals surface area contributed by atoms with E-state index in [1.807, 2.05) is 0 Å². The smallest absolute Gasteiger partial charge is 0.340 e. The second-order valence-electron chi connectivity index (χ2n) is 1.19. The zero-order chi connectivity index (χ0) is 6.57. The summed E-state index contributed by atoms with van der Waals surface area (Å²) in [5.41, 5.74) is 0. The Balaban J connectivity index is 3.52. The van der Waals surface area contributed by atoms with Gasteiger partial charge in [-0.15, -0.1) is 0 Å². The first-order valence-corrected chi connectivity index (χ1v) is 1.92. The van der Waals surface area contributed by atoms with E-state index in [1.165, 1.54) is 0 Å². The van der Waals surface area contributed by atoms with Crippen molar-refractivity contribution in [3.8, 4) is 0 Å². The molecule has 4 heteroatoms. The molecule has 0 aromatic carbocycles. The van der Waals surface area contributed by atoms with E-state index in [9.17, 15) is 4.79 Å². The van der Waals surface area contributed by atoms with Crippen LogP contribution in [0.4, 0.5) is 0 Å². The van der Waals surface area contributed by atoms with Crippen LogP contribution in [0.25, 0.3) is 4.85 Å². The summed E-state index contributed by atoms with van der Waals surface area (Å²) in [5, 5.41) is 16.2. The molecule has 0 amide bonds. The molecule has 2 N–H and O–H groups in total. The molecule has 0 saturated heterocycles. The Morgan fingerprint density at radius 3 is 2.50 bits per heavy atom. The predicted octanol–water partition coefficient (Wildman–Crippen LogP) is -0.649. The summed E-state index contributed by atoms with van der Waals surface area (Å²) in [6.45, 7) is 5.76. The summed E-state index contributed by atoms with van der Waals surface area (Å²) in [4.78, 5) is 12.4. The van der Waals surface area contributed by atoms with Crippen molar-refractivity contribution >= 4 is 5.97 Å². The maximum Gasteiger partial charge on any atom is 0.340 e. The minimum absolute atomic E-state index is 0.366. The van der Waals surface area contributed by atoms with Crippen LogP contribution in [0, 0.1) is 6.57 Å². The maximum absolute atomic E-state index is 9.70. The Morgan fingerprint density at radius 2 is 2.38 bits per heavy atom. The monoisotopic (exact) mass is 115 g/mol. The van der Waals surface area contributed by atoms with E-state index in [2.05, 4.69) is 4.85 Å². The fourth-order valence-corrected chi connectivity index (χ4v) is 0.165. The molecule has 1 unspecified atom stereocenters. The lowest BCUT2D eigenvalue weighted by Crippen LogP contribution is -2.21. The molecule has 4 nitrogen and oxygen atoms in total. The summed E-state index contributed by atoms with van der Waals surface area (Å²) in [6, 6.07) is 0. The molecule has 0 aliphatic rings. The Labute approximate surface area is 46.2 Å². The Kier molecular flexibility index (Phi) is 2.59. The van der Waals surface area contributed by atoms with Crippen molar-refractivity contribution in [1.29, 1.82) is 0 Å². The lowest BCUT2D eigenvalue weighted by atomic mass is 10.4. The molecule has 0 spiro atoms. The SMILES string of the molecule is [C-]#[N+]CC(O)C(=O)O. The number of aliphatic carboxylic acids is 1. The summed E-state index contributed by atoms with van der Waals surface area (Å²) in [5.74, 6) is -1.35. The van der Waals surface area contributed by atoms with Crippen molar-refractivity contribution in [2.24, 2.45) is 0 Å². The third-order valence-electron chi connectivity index (χ3n) is 0.549. The number of carbonyl (C=O) groups is 1. The second kappa shape index (κ2) is 2.99. The van der Waals surface area contributed by atoms with Crippen LogP contribution in [-0.2, 0) is 4.79 Å². The predicted molar refractivity (Wildman–Crippen MR) is 25.1 cm³/mol. The van der Waals surface area contributed by atoms with E-state index in [4.69, 9.17) is 16.8 Å². The van der Waals surface area contributed by atoms with E-state index in [1.54, 1.807) is 0 Å². The van der Waals surface area contributed by atoms with Crippen LogP contribution in [0.15, 0.2) is 0 Å². The summed E-state index contributed by atoms with van der Waals surface area (Å²) in [6.07, 6.45) is -1.52. The van der Waals surface area contributed by atoms with Crippen molar-refractivity contribution in [3.63, 3.8) is 0 Å². The largest absolute Gasteiger partial charge is 0.479 e. The van der Waals surface area contributed by atoms with Gasteiger partial charge in [0, 0.05) is 0 Å². The minimum Gasteiger partial charge on any atom is -0.479 e. The topological polar surface area (TPSA) is 61.9 Å².